The van der Waals surface area contributed by atoms with Crippen molar-refractivity contribution in [3.63, 3.8) is 0 Å². The third-order valence-corrected chi connectivity index (χ3v) is 5.27. The first kappa shape index (κ1) is 12.9. The van der Waals surface area contributed by atoms with E-state index in [-0.39, 0.29) is 10.8 Å². The summed E-state index contributed by atoms with van der Waals surface area (Å²) in [5.41, 5.74) is 1.06. The number of carboxylic acid groups (broad SMARTS) is 1. The van der Waals surface area contributed by atoms with Crippen LogP contribution in [0.2, 0.25) is 0 Å². The van der Waals surface area contributed by atoms with E-state index in [1.54, 1.807) is 18.2 Å². The Bertz CT molecular complexity index is 775. The molecule has 0 saturated heterocycles. The minimum absolute atomic E-state index is 0.121. The Labute approximate surface area is 115 Å². The number of carbonyl (C=O) groups is 1. The lowest BCUT2D eigenvalue weighted by atomic mass is 10.0. The molecule has 3 rings (SSSR count). The third-order valence-electron chi connectivity index (χ3n) is 3.23. The van der Waals surface area contributed by atoms with Crippen LogP contribution in [-0.2, 0) is 10.0 Å². The van der Waals surface area contributed by atoms with Crippen molar-refractivity contribution in [2.75, 3.05) is 0 Å². The minimum Gasteiger partial charge on any atom is -0.478 e. The molecule has 0 spiro atoms. The smallest absolute Gasteiger partial charge is 0.336 e. The van der Waals surface area contributed by atoms with Crippen molar-refractivity contribution in [2.45, 2.75) is 18.1 Å². The minimum atomic E-state index is -3.43. The van der Waals surface area contributed by atoms with Gasteiger partial charge < -0.3 is 5.11 Å². The summed E-state index contributed by atoms with van der Waals surface area (Å²) in [6.45, 7) is 0. The molecule has 7 heteroatoms. The van der Waals surface area contributed by atoms with Crippen molar-refractivity contribution >= 4 is 16.0 Å². The number of nitrogens with zero attached hydrogens (tertiary/aromatic N) is 2. The molecule has 0 radical (unpaired) electrons. The highest BCUT2D eigenvalue weighted by molar-refractivity contribution is 7.90. The van der Waals surface area contributed by atoms with E-state index in [9.17, 15) is 13.2 Å². The average Bonchev–Trinajstić information content (AvgIpc) is 3.17. The van der Waals surface area contributed by atoms with Crippen LogP contribution in [0.25, 0.3) is 11.1 Å². The highest BCUT2D eigenvalue weighted by Crippen LogP contribution is 2.31. The molecule has 1 saturated carbocycles. The SMILES string of the molecule is O=C(O)c1ccccc1-c1cnn(S(=O)(=O)C2CC2)c1. The van der Waals surface area contributed by atoms with Gasteiger partial charge in [-0.1, -0.05) is 18.2 Å². The molecule has 1 aliphatic carbocycles. The monoisotopic (exact) mass is 292 g/mol. The van der Waals surface area contributed by atoms with E-state index in [2.05, 4.69) is 5.10 Å². The van der Waals surface area contributed by atoms with Gasteiger partial charge in [-0.2, -0.15) is 9.19 Å². The number of rotatable bonds is 4. The number of aromatic nitrogens is 2. The van der Waals surface area contributed by atoms with Gasteiger partial charge in [-0.25, -0.2) is 13.2 Å². The zero-order valence-corrected chi connectivity index (χ0v) is 11.2. The molecular weight excluding hydrogens is 280 g/mol. The number of aromatic carboxylic acids is 1. The van der Waals surface area contributed by atoms with Crippen molar-refractivity contribution in [1.82, 2.24) is 9.19 Å². The van der Waals surface area contributed by atoms with Crippen LogP contribution < -0.4 is 0 Å². The summed E-state index contributed by atoms with van der Waals surface area (Å²) in [7, 11) is -3.43. The molecule has 1 N–H and O–H groups in total. The first-order valence-corrected chi connectivity index (χ1v) is 7.62. The summed E-state index contributed by atoms with van der Waals surface area (Å²) >= 11 is 0. The van der Waals surface area contributed by atoms with E-state index in [0.29, 0.717) is 24.0 Å². The van der Waals surface area contributed by atoms with Gasteiger partial charge in [0.05, 0.1) is 23.2 Å². The average molecular weight is 292 g/mol. The van der Waals surface area contributed by atoms with Crippen LogP contribution in [0.5, 0.6) is 0 Å². The largest absolute Gasteiger partial charge is 0.478 e. The van der Waals surface area contributed by atoms with Crippen LogP contribution in [0.15, 0.2) is 36.7 Å². The summed E-state index contributed by atoms with van der Waals surface area (Å²) < 4.78 is 25.0. The van der Waals surface area contributed by atoms with Crippen LogP contribution >= 0.6 is 0 Å². The van der Waals surface area contributed by atoms with Gasteiger partial charge in [0.15, 0.2) is 0 Å². The van der Waals surface area contributed by atoms with Crippen molar-refractivity contribution in [2.24, 2.45) is 0 Å². The molecule has 1 heterocycles. The Morgan fingerprint density at radius 1 is 1.30 bits per heavy atom. The van der Waals surface area contributed by atoms with Gasteiger partial charge in [0.1, 0.15) is 0 Å². The van der Waals surface area contributed by atoms with Gasteiger partial charge in [0, 0.05) is 5.56 Å². The third kappa shape index (κ3) is 2.09. The molecule has 0 amide bonds. The molecule has 2 aromatic rings. The lowest BCUT2D eigenvalue weighted by Gasteiger charge is -2.03. The Hall–Kier alpha value is -2.15. The zero-order chi connectivity index (χ0) is 14.3. The first-order chi connectivity index (χ1) is 9.50. The van der Waals surface area contributed by atoms with Gasteiger partial charge in [-0.15, -0.1) is 0 Å². The lowest BCUT2D eigenvalue weighted by molar-refractivity contribution is 0.0697. The normalized spacial score (nSPS) is 15.2. The second-order valence-electron chi connectivity index (χ2n) is 4.70. The number of benzene rings is 1. The fraction of sp³-hybridized carbons (Fsp3) is 0.231. The fourth-order valence-corrected chi connectivity index (χ4v) is 3.50. The van der Waals surface area contributed by atoms with Crippen LogP contribution in [0.1, 0.15) is 23.2 Å². The Morgan fingerprint density at radius 3 is 2.65 bits per heavy atom. The zero-order valence-electron chi connectivity index (χ0n) is 10.4. The molecule has 20 heavy (non-hydrogen) atoms. The highest BCUT2D eigenvalue weighted by Gasteiger charge is 2.37. The molecule has 1 fully saturated rings. The lowest BCUT2D eigenvalue weighted by Crippen LogP contribution is -2.17. The van der Waals surface area contributed by atoms with Gasteiger partial charge in [-0.3, -0.25) is 0 Å². The molecule has 1 aromatic carbocycles. The van der Waals surface area contributed by atoms with Crippen molar-refractivity contribution in [1.29, 1.82) is 0 Å². The van der Waals surface area contributed by atoms with Crippen molar-refractivity contribution < 1.29 is 18.3 Å². The van der Waals surface area contributed by atoms with E-state index < -0.39 is 16.0 Å². The maximum atomic E-state index is 12.0. The van der Waals surface area contributed by atoms with Gasteiger partial charge in [0.2, 0.25) is 0 Å². The topological polar surface area (TPSA) is 89.3 Å². The summed E-state index contributed by atoms with van der Waals surface area (Å²) in [6.07, 6.45) is 4.06. The molecule has 6 nitrogen and oxygen atoms in total. The molecule has 104 valence electrons. The number of hydrogen-bond acceptors (Lipinski definition) is 4. The van der Waals surface area contributed by atoms with E-state index in [1.165, 1.54) is 18.5 Å². The Kier molecular flexibility index (Phi) is 2.86. The quantitative estimate of drug-likeness (QED) is 0.924. The van der Waals surface area contributed by atoms with Crippen molar-refractivity contribution in [3.8, 4) is 11.1 Å². The molecular formula is C13H12N2O4S. The maximum Gasteiger partial charge on any atom is 0.336 e. The molecule has 0 atom stereocenters. The van der Waals surface area contributed by atoms with Gasteiger partial charge in [-0.05, 0) is 24.5 Å². The van der Waals surface area contributed by atoms with E-state index in [1.807, 2.05) is 0 Å². The molecule has 0 aliphatic heterocycles. The van der Waals surface area contributed by atoms with Crippen LogP contribution in [0, 0.1) is 0 Å². The van der Waals surface area contributed by atoms with E-state index in [0.717, 1.165) is 4.09 Å². The second kappa shape index (κ2) is 4.45. The molecule has 0 bridgehead atoms. The summed E-state index contributed by atoms with van der Waals surface area (Å²) in [5.74, 6) is -1.06. The summed E-state index contributed by atoms with van der Waals surface area (Å²) in [6, 6.07) is 6.44. The standard InChI is InChI=1S/C13H12N2O4S/c16-13(17)12-4-2-1-3-11(12)9-7-14-15(8-9)20(18,19)10-5-6-10/h1-4,7-8,10H,5-6H2,(H,16,17). The predicted molar refractivity (Wildman–Crippen MR) is 72.0 cm³/mol. The molecule has 0 unspecified atom stereocenters. The number of carboxylic acids is 1. The summed E-state index contributed by atoms with van der Waals surface area (Å²) in [4.78, 5) is 11.2. The Morgan fingerprint density at radius 2 is 2.00 bits per heavy atom. The Balaban J connectivity index is 2.05. The molecule has 1 aliphatic rings. The fourth-order valence-electron chi connectivity index (χ4n) is 2.02. The second-order valence-corrected chi connectivity index (χ2v) is 6.77. The predicted octanol–water partition coefficient (Wildman–Crippen LogP) is 1.59. The summed E-state index contributed by atoms with van der Waals surface area (Å²) in [5, 5.41) is 12.7. The van der Waals surface area contributed by atoms with Crippen molar-refractivity contribution in [3.05, 3.63) is 42.2 Å². The van der Waals surface area contributed by atoms with Gasteiger partial charge >= 0.3 is 5.97 Å². The van der Waals surface area contributed by atoms with E-state index in [4.69, 9.17) is 5.11 Å². The van der Waals surface area contributed by atoms with Crippen LogP contribution in [0.4, 0.5) is 0 Å². The number of hydrogen-bond donors (Lipinski definition) is 1. The van der Waals surface area contributed by atoms with Gasteiger partial charge in [0.25, 0.3) is 10.0 Å². The van der Waals surface area contributed by atoms with Crippen LogP contribution in [-0.4, -0.2) is 33.9 Å². The highest BCUT2D eigenvalue weighted by atomic mass is 32.2. The first-order valence-electron chi connectivity index (χ1n) is 6.12. The molecule has 1 aromatic heterocycles. The maximum absolute atomic E-state index is 12.0. The van der Waals surface area contributed by atoms with E-state index >= 15 is 0 Å². The van der Waals surface area contributed by atoms with Crippen LogP contribution in [0.3, 0.4) is 0 Å².